The fraction of sp³-hybridized carbons (Fsp3) is 0.263. The molecule has 0 amide bonds. The molecule has 1 saturated heterocycles. The maximum Gasteiger partial charge on any atom is 0.264 e. The number of aryl methyl sites for hydroxylation is 2. The van der Waals surface area contributed by atoms with Gasteiger partial charge in [0, 0.05) is 52.4 Å². The number of rotatable bonds is 12. The monoisotopic (exact) mass is 732 g/mol. The molecule has 1 fully saturated rings. The molecule has 0 unspecified atom stereocenters. The maximum absolute atomic E-state index is 13.9. The van der Waals surface area contributed by atoms with Gasteiger partial charge < -0.3 is 0 Å². The minimum absolute atomic E-state index is 0.0843. The molecular weight excluding hydrogens is 697 g/mol. The quantitative estimate of drug-likeness (QED) is 0.202. The van der Waals surface area contributed by atoms with Crippen molar-refractivity contribution in [3.63, 3.8) is 0 Å². The summed E-state index contributed by atoms with van der Waals surface area (Å²) < 4.78 is 58.3. The van der Waals surface area contributed by atoms with Gasteiger partial charge in [0.1, 0.15) is 24.3 Å². The summed E-state index contributed by atoms with van der Waals surface area (Å²) in [7, 11) is -8.03. The van der Waals surface area contributed by atoms with Crippen molar-refractivity contribution < 1.29 is 16.8 Å². The number of anilines is 2. The zero-order chi connectivity index (χ0) is 37.5. The Morgan fingerprint density at radius 1 is 0.519 bits per heavy atom. The summed E-state index contributed by atoms with van der Waals surface area (Å²) in [4.78, 5) is 4.48. The van der Waals surface area contributed by atoms with Crippen molar-refractivity contribution in [1.82, 2.24) is 9.80 Å². The molecule has 0 saturated carbocycles. The summed E-state index contributed by atoms with van der Waals surface area (Å²) in [5.41, 5.74) is 2.87. The maximum atomic E-state index is 13.9. The SMILES string of the molecule is Cc1ccc(S(=O)(=O)N(CCN2CCN(CCN(c3ccc(C#N)c(C#N)c3)S(=O)(=O)c3ccc(C)cc3)CC2)c2ccc(C#N)c(C#N)c2)cc1. The van der Waals surface area contributed by atoms with Crippen molar-refractivity contribution in [2.24, 2.45) is 0 Å². The second-order valence-electron chi connectivity index (χ2n) is 12.4. The number of sulfonamides is 2. The van der Waals surface area contributed by atoms with E-state index in [0.717, 1.165) is 11.1 Å². The Hall–Kier alpha value is -5.74. The summed E-state index contributed by atoms with van der Waals surface area (Å²) in [6.45, 7) is 7.06. The van der Waals surface area contributed by atoms with E-state index in [2.05, 4.69) is 9.80 Å². The van der Waals surface area contributed by atoms with Gasteiger partial charge in [-0.05, 0) is 74.5 Å². The molecule has 1 aliphatic rings. The third-order valence-electron chi connectivity index (χ3n) is 8.99. The van der Waals surface area contributed by atoms with E-state index < -0.39 is 20.0 Å². The van der Waals surface area contributed by atoms with Crippen LogP contribution in [0, 0.1) is 59.2 Å². The summed E-state index contributed by atoms with van der Waals surface area (Å²) >= 11 is 0. The summed E-state index contributed by atoms with van der Waals surface area (Å²) in [6, 6.07) is 29.8. The fourth-order valence-electron chi connectivity index (χ4n) is 5.91. The van der Waals surface area contributed by atoms with Crippen LogP contribution >= 0.6 is 0 Å². The highest BCUT2D eigenvalue weighted by molar-refractivity contribution is 7.93. The summed E-state index contributed by atoms with van der Waals surface area (Å²) in [6.07, 6.45) is 0. The van der Waals surface area contributed by atoms with Gasteiger partial charge in [-0.2, -0.15) is 21.0 Å². The first-order chi connectivity index (χ1) is 24.9. The predicted octanol–water partition coefficient (Wildman–Crippen LogP) is 4.50. The molecule has 0 bridgehead atoms. The highest BCUT2D eigenvalue weighted by Crippen LogP contribution is 2.28. The molecule has 0 N–H and O–H groups in total. The van der Waals surface area contributed by atoms with Crippen molar-refractivity contribution in [3.8, 4) is 24.3 Å². The smallest absolute Gasteiger partial charge is 0.264 e. The summed E-state index contributed by atoms with van der Waals surface area (Å²) in [5, 5.41) is 38.1. The van der Waals surface area contributed by atoms with Crippen LogP contribution in [-0.4, -0.2) is 79.0 Å². The van der Waals surface area contributed by atoms with E-state index in [4.69, 9.17) is 0 Å². The van der Waals surface area contributed by atoms with Crippen molar-refractivity contribution in [3.05, 3.63) is 118 Å². The average molecular weight is 733 g/mol. The molecule has 0 atom stereocenters. The Bertz CT molecular complexity index is 2160. The van der Waals surface area contributed by atoms with Crippen molar-refractivity contribution in [1.29, 1.82) is 21.0 Å². The summed E-state index contributed by atoms with van der Waals surface area (Å²) in [5.74, 6) is 0. The number of hydrogen-bond donors (Lipinski definition) is 0. The predicted molar refractivity (Wildman–Crippen MR) is 196 cm³/mol. The molecule has 12 nitrogen and oxygen atoms in total. The van der Waals surface area contributed by atoms with Gasteiger partial charge in [-0.1, -0.05) is 35.4 Å². The molecule has 0 spiro atoms. The Morgan fingerprint density at radius 2 is 0.846 bits per heavy atom. The number of piperazine rings is 1. The third-order valence-corrected chi connectivity index (χ3v) is 12.7. The Morgan fingerprint density at radius 3 is 1.15 bits per heavy atom. The first kappa shape index (κ1) is 37.5. The van der Waals surface area contributed by atoms with Crippen LogP contribution in [0.25, 0.3) is 0 Å². The van der Waals surface area contributed by atoms with Gasteiger partial charge in [-0.15, -0.1) is 0 Å². The molecule has 14 heteroatoms. The molecule has 1 aliphatic heterocycles. The number of nitrogens with zero attached hydrogens (tertiary/aromatic N) is 8. The minimum atomic E-state index is -4.02. The lowest BCUT2D eigenvalue weighted by Crippen LogP contribution is -2.50. The van der Waals surface area contributed by atoms with Crippen LogP contribution in [0.3, 0.4) is 0 Å². The number of nitriles is 4. The van der Waals surface area contributed by atoms with Crippen LogP contribution in [-0.2, 0) is 20.0 Å². The molecule has 0 aliphatic carbocycles. The van der Waals surface area contributed by atoms with Gasteiger partial charge in [-0.25, -0.2) is 16.8 Å². The van der Waals surface area contributed by atoms with Crippen molar-refractivity contribution in [2.45, 2.75) is 23.6 Å². The van der Waals surface area contributed by atoms with E-state index in [-0.39, 0.29) is 56.5 Å². The van der Waals surface area contributed by atoms with E-state index in [1.165, 1.54) is 45.0 Å². The van der Waals surface area contributed by atoms with Gasteiger partial charge in [0.15, 0.2) is 0 Å². The van der Waals surface area contributed by atoms with E-state index in [0.29, 0.717) is 39.3 Å². The van der Waals surface area contributed by atoms with E-state index in [1.807, 2.05) is 38.1 Å². The van der Waals surface area contributed by atoms with Crippen LogP contribution in [0.4, 0.5) is 11.4 Å². The van der Waals surface area contributed by atoms with E-state index in [9.17, 15) is 37.9 Å². The lowest BCUT2D eigenvalue weighted by atomic mass is 10.1. The standard InChI is InChI=1S/C38H36N8O4S2/c1-29-3-11-37(12-4-29)51(47,48)45(35-9-7-31(25-39)33(23-35)27-41)21-19-43-15-17-44(18-16-43)20-22-46(36-10-8-32(26-40)34(24-36)28-42)52(49,50)38-13-5-30(2)6-14-38/h3-14,23-24H,15-22H2,1-2H3. The molecule has 4 aromatic rings. The van der Waals surface area contributed by atoms with Gasteiger partial charge in [-0.3, -0.25) is 18.4 Å². The first-order valence-corrected chi connectivity index (χ1v) is 19.3. The van der Waals surface area contributed by atoms with Crippen LogP contribution in [0.15, 0.2) is 94.7 Å². The highest BCUT2D eigenvalue weighted by Gasteiger charge is 2.29. The van der Waals surface area contributed by atoms with Gasteiger partial charge in [0.05, 0.1) is 43.4 Å². The minimum Gasteiger partial charge on any atom is -0.299 e. The molecule has 1 heterocycles. The fourth-order valence-corrected chi connectivity index (χ4v) is 8.80. The van der Waals surface area contributed by atoms with Gasteiger partial charge in [0.25, 0.3) is 20.0 Å². The zero-order valence-electron chi connectivity index (χ0n) is 28.8. The topological polar surface area (TPSA) is 176 Å². The Kier molecular flexibility index (Phi) is 11.6. The van der Waals surface area contributed by atoms with Gasteiger partial charge >= 0.3 is 0 Å². The molecule has 52 heavy (non-hydrogen) atoms. The van der Waals surface area contributed by atoms with E-state index in [1.54, 1.807) is 48.5 Å². The Labute approximate surface area is 305 Å². The number of hydrogen-bond acceptors (Lipinski definition) is 10. The largest absolute Gasteiger partial charge is 0.299 e. The lowest BCUT2D eigenvalue weighted by molar-refractivity contribution is 0.138. The van der Waals surface area contributed by atoms with E-state index >= 15 is 0 Å². The molecule has 264 valence electrons. The molecule has 0 radical (unpaired) electrons. The lowest BCUT2D eigenvalue weighted by Gasteiger charge is -2.37. The van der Waals surface area contributed by atoms with Crippen LogP contribution in [0.1, 0.15) is 33.4 Å². The normalized spacial score (nSPS) is 13.7. The Balaban J connectivity index is 1.30. The van der Waals surface area contributed by atoms with Gasteiger partial charge in [0.2, 0.25) is 0 Å². The average Bonchev–Trinajstić information content (AvgIpc) is 3.15. The molecule has 0 aromatic heterocycles. The molecular formula is C38H36N8O4S2. The zero-order valence-corrected chi connectivity index (χ0v) is 30.4. The van der Waals surface area contributed by atoms with Crippen LogP contribution in [0.2, 0.25) is 0 Å². The van der Waals surface area contributed by atoms with Crippen molar-refractivity contribution in [2.75, 3.05) is 61.0 Å². The third kappa shape index (κ3) is 8.24. The number of benzene rings is 4. The highest BCUT2D eigenvalue weighted by atomic mass is 32.2. The molecule has 5 rings (SSSR count). The van der Waals surface area contributed by atoms with Crippen LogP contribution < -0.4 is 8.61 Å². The first-order valence-electron chi connectivity index (χ1n) is 16.4. The van der Waals surface area contributed by atoms with Crippen molar-refractivity contribution >= 4 is 31.4 Å². The second-order valence-corrected chi connectivity index (χ2v) is 16.1. The molecule has 4 aromatic carbocycles. The van der Waals surface area contributed by atoms with Crippen LogP contribution in [0.5, 0.6) is 0 Å². The second kappa shape index (κ2) is 16.1.